The summed E-state index contributed by atoms with van der Waals surface area (Å²) in [6.45, 7) is -0.172. The normalized spacial score (nSPS) is 10.5. The third kappa shape index (κ3) is 1.35. The molecule has 0 amide bonds. The molecular formula is C8H6N3O2. The Labute approximate surface area is 73.6 Å². The summed E-state index contributed by atoms with van der Waals surface area (Å²) < 4.78 is 1.33. The van der Waals surface area contributed by atoms with Crippen molar-refractivity contribution in [3.05, 3.63) is 24.3 Å². The van der Waals surface area contributed by atoms with Crippen molar-refractivity contribution in [3.8, 4) is 0 Å². The summed E-state index contributed by atoms with van der Waals surface area (Å²) in [6, 6.07) is 8.09. The molecule has 0 aliphatic rings. The summed E-state index contributed by atoms with van der Waals surface area (Å²) in [7, 11) is 0. The van der Waals surface area contributed by atoms with Crippen molar-refractivity contribution in [2.24, 2.45) is 0 Å². The lowest BCUT2D eigenvalue weighted by molar-refractivity contribution is -0.137. The van der Waals surface area contributed by atoms with Crippen LogP contribution in [0.2, 0.25) is 0 Å². The molecule has 13 heavy (non-hydrogen) atoms. The van der Waals surface area contributed by atoms with E-state index < -0.39 is 5.97 Å². The van der Waals surface area contributed by atoms with Gasteiger partial charge in [0, 0.05) is 6.07 Å². The number of hydrogen-bond acceptors (Lipinski definition) is 3. The van der Waals surface area contributed by atoms with Crippen molar-refractivity contribution in [2.45, 2.75) is 6.54 Å². The molecule has 2 rings (SSSR count). The molecule has 0 fully saturated rings. The average molecular weight is 176 g/mol. The van der Waals surface area contributed by atoms with Crippen molar-refractivity contribution >= 4 is 17.0 Å². The lowest BCUT2D eigenvalue weighted by Gasteiger charge is -1.95. The first-order valence-electron chi connectivity index (χ1n) is 3.69. The number of hydrogen-bond donors (Lipinski definition) is 1. The summed E-state index contributed by atoms with van der Waals surface area (Å²) in [4.78, 5) is 10.4. The van der Waals surface area contributed by atoms with Crippen LogP contribution < -0.4 is 0 Å². The van der Waals surface area contributed by atoms with Gasteiger partial charge in [0.2, 0.25) is 0 Å². The summed E-state index contributed by atoms with van der Waals surface area (Å²) in [5.41, 5.74) is 1.27. The van der Waals surface area contributed by atoms with E-state index in [-0.39, 0.29) is 6.54 Å². The van der Waals surface area contributed by atoms with Crippen molar-refractivity contribution in [1.82, 2.24) is 15.0 Å². The highest BCUT2D eigenvalue weighted by Crippen LogP contribution is 2.08. The molecule has 0 aliphatic carbocycles. The van der Waals surface area contributed by atoms with E-state index in [2.05, 4.69) is 16.4 Å². The SMILES string of the molecule is O=C(O)Cn1nnc2[c]cccc21. The molecule has 0 atom stereocenters. The third-order valence-electron chi connectivity index (χ3n) is 1.63. The van der Waals surface area contributed by atoms with Gasteiger partial charge in [0.25, 0.3) is 0 Å². The third-order valence-corrected chi connectivity index (χ3v) is 1.63. The van der Waals surface area contributed by atoms with Gasteiger partial charge in [0.15, 0.2) is 0 Å². The average Bonchev–Trinajstić information content (AvgIpc) is 2.48. The maximum atomic E-state index is 10.4. The van der Waals surface area contributed by atoms with E-state index in [0.29, 0.717) is 11.0 Å². The van der Waals surface area contributed by atoms with Crippen molar-refractivity contribution in [1.29, 1.82) is 0 Å². The Kier molecular flexibility index (Phi) is 1.70. The minimum atomic E-state index is -0.935. The number of benzene rings is 1. The molecule has 0 unspecified atom stereocenters. The smallest absolute Gasteiger partial charge is 0.325 e. The topological polar surface area (TPSA) is 68.0 Å². The fraction of sp³-hybridized carbons (Fsp3) is 0.125. The van der Waals surface area contributed by atoms with E-state index in [1.807, 2.05) is 0 Å². The first kappa shape index (κ1) is 7.72. The van der Waals surface area contributed by atoms with Crippen LogP contribution in [0.3, 0.4) is 0 Å². The summed E-state index contributed by atoms with van der Waals surface area (Å²) in [6.07, 6.45) is 0. The van der Waals surface area contributed by atoms with Crippen LogP contribution in [0.15, 0.2) is 18.2 Å². The number of fused-ring (bicyclic) bond motifs is 1. The Bertz CT molecular complexity index is 449. The molecule has 2 aromatic rings. The van der Waals surface area contributed by atoms with Gasteiger partial charge in [0.1, 0.15) is 12.1 Å². The largest absolute Gasteiger partial charge is 0.480 e. The zero-order chi connectivity index (χ0) is 9.26. The second kappa shape index (κ2) is 2.85. The predicted molar refractivity (Wildman–Crippen MR) is 44.0 cm³/mol. The lowest BCUT2D eigenvalue weighted by Crippen LogP contribution is -2.09. The van der Waals surface area contributed by atoms with Crippen molar-refractivity contribution < 1.29 is 9.90 Å². The Hall–Kier alpha value is -1.91. The number of rotatable bonds is 2. The van der Waals surface area contributed by atoms with Crippen LogP contribution in [0.5, 0.6) is 0 Å². The van der Waals surface area contributed by atoms with Gasteiger partial charge in [-0.25, -0.2) is 4.68 Å². The lowest BCUT2D eigenvalue weighted by atomic mass is 10.3. The summed E-state index contributed by atoms with van der Waals surface area (Å²) >= 11 is 0. The highest BCUT2D eigenvalue weighted by molar-refractivity contribution is 5.75. The molecule has 1 aromatic carbocycles. The molecule has 5 nitrogen and oxygen atoms in total. The number of carboxylic acid groups (broad SMARTS) is 1. The van der Waals surface area contributed by atoms with Gasteiger partial charge >= 0.3 is 5.97 Å². The van der Waals surface area contributed by atoms with E-state index in [0.717, 1.165) is 0 Å². The van der Waals surface area contributed by atoms with Gasteiger partial charge in [-0.2, -0.15) is 0 Å². The van der Waals surface area contributed by atoms with Gasteiger partial charge < -0.3 is 5.11 Å². The molecule has 1 heterocycles. The zero-order valence-electron chi connectivity index (χ0n) is 6.64. The molecule has 0 aliphatic heterocycles. The molecule has 0 spiro atoms. The maximum Gasteiger partial charge on any atom is 0.325 e. The molecule has 0 bridgehead atoms. The second-order valence-electron chi connectivity index (χ2n) is 2.54. The highest BCUT2D eigenvalue weighted by atomic mass is 16.4. The number of aliphatic carboxylic acids is 1. The summed E-state index contributed by atoms with van der Waals surface area (Å²) in [5.74, 6) is -0.935. The van der Waals surface area contributed by atoms with Crippen LogP contribution in [-0.4, -0.2) is 26.1 Å². The second-order valence-corrected chi connectivity index (χ2v) is 2.54. The molecular weight excluding hydrogens is 170 g/mol. The van der Waals surface area contributed by atoms with Gasteiger partial charge in [0.05, 0.1) is 5.52 Å². The van der Waals surface area contributed by atoms with E-state index in [9.17, 15) is 4.79 Å². The highest BCUT2D eigenvalue weighted by Gasteiger charge is 2.05. The van der Waals surface area contributed by atoms with E-state index in [1.165, 1.54) is 4.68 Å². The molecule has 0 saturated carbocycles. The van der Waals surface area contributed by atoms with Crippen LogP contribution in [0.1, 0.15) is 0 Å². The number of aromatic nitrogens is 3. The molecule has 1 N–H and O–H groups in total. The monoisotopic (exact) mass is 176 g/mol. The number of nitrogens with zero attached hydrogens (tertiary/aromatic N) is 3. The quantitative estimate of drug-likeness (QED) is 0.715. The van der Waals surface area contributed by atoms with Crippen LogP contribution in [0, 0.1) is 6.07 Å². The minimum absolute atomic E-state index is 0.172. The van der Waals surface area contributed by atoms with E-state index in [4.69, 9.17) is 5.11 Å². The minimum Gasteiger partial charge on any atom is -0.480 e. The van der Waals surface area contributed by atoms with Crippen molar-refractivity contribution in [3.63, 3.8) is 0 Å². The molecule has 1 radical (unpaired) electrons. The standard InChI is InChI=1S/C8H6N3O2/c12-8(13)5-11-7-4-2-1-3-6(7)9-10-11/h1-2,4H,5H2,(H,12,13). The van der Waals surface area contributed by atoms with Crippen LogP contribution in [0.4, 0.5) is 0 Å². The Morgan fingerprint density at radius 1 is 1.69 bits per heavy atom. The Morgan fingerprint density at radius 3 is 3.31 bits per heavy atom. The van der Waals surface area contributed by atoms with E-state index in [1.54, 1.807) is 18.2 Å². The molecule has 1 aromatic heterocycles. The first-order valence-corrected chi connectivity index (χ1v) is 3.69. The Morgan fingerprint density at radius 2 is 2.54 bits per heavy atom. The number of carboxylic acids is 1. The van der Waals surface area contributed by atoms with Crippen LogP contribution in [-0.2, 0) is 11.3 Å². The number of carbonyl (C=O) groups is 1. The molecule has 5 heteroatoms. The summed E-state index contributed by atoms with van der Waals surface area (Å²) in [5, 5.41) is 16.0. The van der Waals surface area contributed by atoms with Crippen molar-refractivity contribution in [2.75, 3.05) is 0 Å². The molecule has 0 saturated heterocycles. The van der Waals surface area contributed by atoms with Gasteiger partial charge in [-0.05, 0) is 6.07 Å². The van der Waals surface area contributed by atoms with Gasteiger partial charge in [-0.1, -0.05) is 17.3 Å². The van der Waals surface area contributed by atoms with E-state index >= 15 is 0 Å². The fourth-order valence-corrected chi connectivity index (χ4v) is 1.10. The van der Waals surface area contributed by atoms with Crippen LogP contribution in [0.25, 0.3) is 11.0 Å². The Balaban J connectivity index is 2.51. The fourth-order valence-electron chi connectivity index (χ4n) is 1.10. The maximum absolute atomic E-state index is 10.4. The first-order chi connectivity index (χ1) is 6.27. The predicted octanol–water partition coefficient (Wildman–Crippen LogP) is 0.316. The van der Waals surface area contributed by atoms with Crippen LogP contribution >= 0.6 is 0 Å². The molecule has 65 valence electrons. The van der Waals surface area contributed by atoms with Gasteiger partial charge in [-0.3, -0.25) is 4.79 Å². The zero-order valence-corrected chi connectivity index (χ0v) is 6.64. The van der Waals surface area contributed by atoms with Gasteiger partial charge in [-0.15, -0.1) is 5.10 Å².